The molecule has 0 unspecified atom stereocenters. The molecule has 3 heterocycles. The standard InChI is InChI=1S/C33H32F2N8/c1-5-20-16-38-29-22(15-36)13-23(14-25(29)28(20)39-19-32(2,3)4)40-30(24-8-6-7-21-9-12-37-17-26(21)24)27-18-43(42-41-27)33(10-11-33)31(34)35/h1,6-9,12-14,16-18,30-31,40-42H,10-11,19H2,2-4H3,(H,38,39)/t30-/m0/s1. The molecule has 0 saturated heterocycles. The van der Waals surface area contributed by atoms with Crippen molar-refractivity contribution in [2.24, 2.45) is 5.41 Å². The molecule has 4 aromatic rings. The number of alkyl halides is 2. The fraction of sp³-hybridized carbons (Fsp3) is 0.303. The number of rotatable bonds is 8. The van der Waals surface area contributed by atoms with Crippen LogP contribution in [0.2, 0.25) is 0 Å². The molecule has 1 fully saturated rings. The molecule has 2 aromatic heterocycles. The summed E-state index contributed by atoms with van der Waals surface area (Å²) in [6, 6.07) is 13.3. The molecule has 1 aliphatic carbocycles. The first-order chi connectivity index (χ1) is 20.6. The SMILES string of the molecule is C#Cc1cnc2c(C#N)cc(N[C@H](C3=CN(C4(C(F)F)CC4)NN3)c3cccc4ccncc34)cc2c1NCC(C)(C)C. The summed E-state index contributed by atoms with van der Waals surface area (Å²) in [5.74, 6) is 2.72. The maximum absolute atomic E-state index is 14.0. The van der Waals surface area contributed by atoms with Gasteiger partial charge in [0.05, 0.1) is 34.1 Å². The Morgan fingerprint density at radius 1 is 1.14 bits per heavy atom. The molecule has 43 heavy (non-hydrogen) atoms. The van der Waals surface area contributed by atoms with Crippen LogP contribution in [0.15, 0.2) is 66.9 Å². The molecule has 6 rings (SSSR count). The maximum atomic E-state index is 14.0. The Bertz CT molecular complexity index is 1820. The van der Waals surface area contributed by atoms with E-state index in [1.807, 2.05) is 30.3 Å². The average molecular weight is 579 g/mol. The van der Waals surface area contributed by atoms with Crippen LogP contribution in [0.4, 0.5) is 20.2 Å². The lowest BCUT2D eigenvalue weighted by atomic mass is 9.96. The number of pyridine rings is 2. The molecule has 8 nitrogen and oxygen atoms in total. The molecule has 10 heteroatoms. The molecule has 0 radical (unpaired) electrons. The van der Waals surface area contributed by atoms with Crippen LogP contribution in [0, 0.1) is 29.1 Å². The molecular formula is C33H32F2N8. The molecular weight excluding hydrogens is 546 g/mol. The molecule has 1 aliphatic heterocycles. The molecule has 218 valence electrons. The summed E-state index contributed by atoms with van der Waals surface area (Å²) >= 11 is 0. The second kappa shape index (κ2) is 10.7. The van der Waals surface area contributed by atoms with Crippen molar-refractivity contribution in [3.05, 3.63) is 83.6 Å². The number of terminal acetylenes is 1. The molecule has 0 amide bonds. The average Bonchev–Trinajstić information content (AvgIpc) is 3.67. The predicted octanol–water partition coefficient (Wildman–Crippen LogP) is 6.21. The minimum atomic E-state index is -2.50. The zero-order valence-corrected chi connectivity index (χ0v) is 24.2. The van der Waals surface area contributed by atoms with E-state index in [1.165, 1.54) is 5.01 Å². The number of fused-ring (bicyclic) bond motifs is 2. The third-order valence-electron chi connectivity index (χ3n) is 7.93. The molecule has 2 aliphatic rings. The highest BCUT2D eigenvalue weighted by molar-refractivity contribution is 5.99. The van der Waals surface area contributed by atoms with E-state index in [2.05, 4.69) is 64.3 Å². The number of benzene rings is 2. The first kappa shape index (κ1) is 28.2. The van der Waals surface area contributed by atoms with Gasteiger partial charge in [-0.1, -0.05) is 44.9 Å². The lowest BCUT2D eigenvalue weighted by molar-refractivity contribution is 0.00911. The molecule has 2 aromatic carbocycles. The highest BCUT2D eigenvalue weighted by atomic mass is 19.3. The molecule has 0 spiro atoms. The number of hydrogen-bond donors (Lipinski definition) is 4. The number of halogens is 2. The van der Waals surface area contributed by atoms with Crippen LogP contribution >= 0.6 is 0 Å². The Hall–Kier alpha value is -4.93. The second-order valence-corrected chi connectivity index (χ2v) is 12.3. The second-order valence-electron chi connectivity index (χ2n) is 12.3. The van der Waals surface area contributed by atoms with Gasteiger partial charge >= 0.3 is 0 Å². The number of nitriles is 1. The minimum Gasteiger partial charge on any atom is -0.383 e. The van der Waals surface area contributed by atoms with Crippen LogP contribution in [0.3, 0.4) is 0 Å². The highest BCUT2D eigenvalue weighted by Crippen LogP contribution is 2.47. The fourth-order valence-electron chi connectivity index (χ4n) is 5.41. The van der Waals surface area contributed by atoms with Crippen LogP contribution in [-0.4, -0.2) is 33.5 Å². The molecule has 4 N–H and O–H groups in total. The van der Waals surface area contributed by atoms with Gasteiger partial charge < -0.3 is 16.1 Å². The summed E-state index contributed by atoms with van der Waals surface area (Å²) in [6.07, 6.45) is 11.0. The van der Waals surface area contributed by atoms with Crippen molar-refractivity contribution >= 4 is 33.1 Å². The van der Waals surface area contributed by atoms with Gasteiger partial charge in [-0.25, -0.2) is 8.78 Å². The first-order valence-electron chi connectivity index (χ1n) is 14.1. The molecule has 0 bridgehead atoms. The van der Waals surface area contributed by atoms with Gasteiger partial charge in [0.15, 0.2) is 0 Å². The van der Waals surface area contributed by atoms with E-state index in [0.717, 1.165) is 22.0 Å². The van der Waals surface area contributed by atoms with Crippen molar-refractivity contribution < 1.29 is 8.78 Å². The zero-order chi connectivity index (χ0) is 30.4. The van der Waals surface area contributed by atoms with E-state index >= 15 is 0 Å². The normalized spacial score (nSPS) is 16.4. The van der Waals surface area contributed by atoms with Crippen molar-refractivity contribution in [3.63, 3.8) is 0 Å². The smallest absolute Gasteiger partial charge is 0.262 e. The van der Waals surface area contributed by atoms with E-state index in [9.17, 15) is 14.0 Å². The van der Waals surface area contributed by atoms with Gasteiger partial charge in [0.2, 0.25) is 0 Å². The third-order valence-corrected chi connectivity index (χ3v) is 7.93. The van der Waals surface area contributed by atoms with Gasteiger partial charge in [0.25, 0.3) is 6.43 Å². The summed E-state index contributed by atoms with van der Waals surface area (Å²) in [5.41, 5.74) is 9.21. The van der Waals surface area contributed by atoms with Crippen molar-refractivity contribution in [1.82, 2.24) is 25.9 Å². The number of anilines is 2. The number of nitrogens with one attached hydrogen (secondary N) is 4. The zero-order valence-electron chi connectivity index (χ0n) is 24.2. The van der Waals surface area contributed by atoms with Gasteiger partial charge in [0.1, 0.15) is 11.6 Å². The summed E-state index contributed by atoms with van der Waals surface area (Å²) in [6.45, 7) is 7.01. The van der Waals surface area contributed by atoms with Crippen molar-refractivity contribution in [2.75, 3.05) is 17.2 Å². The maximum Gasteiger partial charge on any atom is 0.262 e. The van der Waals surface area contributed by atoms with E-state index in [4.69, 9.17) is 6.42 Å². The largest absolute Gasteiger partial charge is 0.383 e. The van der Waals surface area contributed by atoms with Crippen LogP contribution in [0.1, 0.15) is 56.3 Å². The van der Waals surface area contributed by atoms with Gasteiger partial charge in [-0.3, -0.25) is 15.0 Å². The van der Waals surface area contributed by atoms with E-state index in [-0.39, 0.29) is 5.41 Å². The van der Waals surface area contributed by atoms with Crippen LogP contribution in [0.5, 0.6) is 0 Å². The monoisotopic (exact) mass is 578 g/mol. The Morgan fingerprint density at radius 2 is 1.95 bits per heavy atom. The number of nitrogens with zero attached hydrogens (tertiary/aromatic N) is 4. The van der Waals surface area contributed by atoms with E-state index in [1.54, 1.807) is 30.9 Å². The molecule has 1 saturated carbocycles. The topological polar surface area (TPSA) is 101 Å². The molecule has 1 atom stereocenters. The van der Waals surface area contributed by atoms with Crippen LogP contribution in [0.25, 0.3) is 21.7 Å². The van der Waals surface area contributed by atoms with E-state index in [0.29, 0.717) is 52.8 Å². The third kappa shape index (κ3) is 5.26. The van der Waals surface area contributed by atoms with Gasteiger partial charge in [0, 0.05) is 47.8 Å². The predicted molar refractivity (Wildman–Crippen MR) is 165 cm³/mol. The van der Waals surface area contributed by atoms with Gasteiger partial charge in [-0.15, -0.1) is 12.0 Å². The van der Waals surface area contributed by atoms with Crippen molar-refractivity contribution in [1.29, 1.82) is 5.26 Å². The van der Waals surface area contributed by atoms with Crippen molar-refractivity contribution in [3.8, 4) is 18.4 Å². The highest BCUT2D eigenvalue weighted by Gasteiger charge is 2.56. The minimum absolute atomic E-state index is 0.0283. The van der Waals surface area contributed by atoms with Crippen molar-refractivity contribution in [2.45, 2.75) is 51.6 Å². The van der Waals surface area contributed by atoms with Gasteiger partial charge in [-0.2, -0.15) is 5.26 Å². The lowest BCUT2D eigenvalue weighted by Crippen LogP contribution is -2.48. The summed E-state index contributed by atoms with van der Waals surface area (Å²) in [5, 5.41) is 21.3. The summed E-state index contributed by atoms with van der Waals surface area (Å²) in [4.78, 5) is 8.88. The fourth-order valence-corrected chi connectivity index (χ4v) is 5.41. The van der Waals surface area contributed by atoms with Crippen LogP contribution < -0.4 is 21.6 Å². The quantitative estimate of drug-likeness (QED) is 0.183. The summed E-state index contributed by atoms with van der Waals surface area (Å²) in [7, 11) is 0. The van der Waals surface area contributed by atoms with Crippen LogP contribution in [-0.2, 0) is 0 Å². The summed E-state index contributed by atoms with van der Waals surface area (Å²) < 4.78 is 28.0. The first-order valence-corrected chi connectivity index (χ1v) is 14.1. The number of hydrazine groups is 2. The Kier molecular flexibility index (Phi) is 7.03. The number of hydrogen-bond acceptors (Lipinski definition) is 8. The lowest BCUT2D eigenvalue weighted by Gasteiger charge is -2.25. The Morgan fingerprint density at radius 3 is 2.65 bits per heavy atom. The van der Waals surface area contributed by atoms with Gasteiger partial charge in [-0.05, 0) is 47.4 Å². The van der Waals surface area contributed by atoms with E-state index < -0.39 is 18.0 Å². The number of aromatic nitrogens is 2. The Labute approximate surface area is 249 Å². The Balaban J connectivity index is 1.48.